The normalized spacial score (nSPS) is 15.3. The van der Waals surface area contributed by atoms with Crippen LogP contribution in [0.3, 0.4) is 0 Å². The van der Waals surface area contributed by atoms with Gasteiger partial charge in [-0.2, -0.15) is 0 Å². The first-order valence-electron chi connectivity index (χ1n) is 8.67. The Bertz CT molecular complexity index is 1050. The maximum absolute atomic E-state index is 12.6. The average molecular weight is 388 g/mol. The number of fused-ring (bicyclic) bond motifs is 1. The van der Waals surface area contributed by atoms with Crippen molar-refractivity contribution in [3.05, 3.63) is 57.8 Å². The Hall–Kier alpha value is -2.80. The van der Waals surface area contributed by atoms with Crippen LogP contribution in [0.25, 0.3) is 11.1 Å². The highest BCUT2D eigenvalue weighted by Gasteiger charge is 2.27. The molecule has 4 rings (SSSR count). The van der Waals surface area contributed by atoms with E-state index in [4.69, 9.17) is 20.8 Å². The van der Waals surface area contributed by atoms with Crippen molar-refractivity contribution in [1.82, 2.24) is 14.5 Å². The summed E-state index contributed by atoms with van der Waals surface area (Å²) in [7, 11) is 1.58. The number of hydrogen-bond acceptors (Lipinski definition) is 5. The first-order valence-corrected chi connectivity index (χ1v) is 9.04. The maximum Gasteiger partial charge on any atom is 0.420 e. The largest absolute Gasteiger partial charge is 0.497 e. The predicted octanol–water partition coefficient (Wildman–Crippen LogP) is 3.13. The Morgan fingerprint density at radius 2 is 2.04 bits per heavy atom. The van der Waals surface area contributed by atoms with Gasteiger partial charge in [0.2, 0.25) is 0 Å². The summed E-state index contributed by atoms with van der Waals surface area (Å²) in [4.78, 5) is 30.7. The second-order valence-corrected chi connectivity index (χ2v) is 6.85. The molecule has 1 amide bonds. The zero-order valence-electron chi connectivity index (χ0n) is 14.7. The van der Waals surface area contributed by atoms with Crippen LogP contribution < -0.4 is 10.5 Å². The molecule has 0 atom stereocenters. The van der Waals surface area contributed by atoms with Gasteiger partial charge >= 0.3 is 5.76 Å². The maximum atomic E-state index is 12.6. The summed E-state index contributed by atoms with van der Waals surface area (Å²) in [5.41, 5.74) is 1.76. The minimum atomic E-state index is -0.385. The Balaban J connectivity index is 1.54. The van der Waals surface area contributed by atoms with Gasteiger partial charge in [0, 0.05) is 37.0 Å². The predicted molar refractivity (Wildman–Crippen MR) is 100 cm³/mol. The fraction of sp³-hybridized carbons (Fsp3) is 0.316. The van der Waals surface area contributed by atoms with E-state index in [0.717, 1.165) is 0 Å². The number of benzene rings is 1. The van der Waals surface area contributed by atoms with E-state index in [2.05, 4.69) is 4.98 Å². The van der Waals surface area contributed by atoms with Crippen LogP contribution in [0.2, 0.25) is 5.15 Å². The summed E-state index contributed by atoms with van der Waals surface area (Å²) < 4.78 is 12.3. The van der Waals surface area contributed by atoms with Gasteiger partial charge in [-0.05, 0) is 37.1 Å². The molecule has 3 aromatic rings. The van der Waals surface area contributed by atoms with Gasteiger partial charge in [0.05, 0.1) is 12.6 Å². The highest BCUT2D eigenvalue weighted by molar-refractivity contribution is 6.29. The van der Waals surface area contributed by atoms with E-state index < -0.39 is 0 Å². The highest BCUT2D eigenvalue weighted by atomic mass is 35.5. The number of likely N-dealkylation sites (tertiary alicyclic amines) is 1. The van der Waals surface area contributed by atoms with Crippen LogP contribution in [0.1, 0.15) is 29.2 Å². The molecule has 3 heterocycles. The Labute approximate surface area is 160 Å². The number of aromatic nitrogens is 2. The summed E-state index contributed by atoms with van der Waals surface area (Å²) >= 11 is 5.88. The zero-order valence-corrected chi connectivity index (χ0v) is 15.5. The van der Waals surface area contributed by atoms with Gasteiger partial charge in [-0.1, -0.05) is 11.6 Å². The van der Waals surface area contributed by atoms with Crippen LogP contribution in [0.4, 0.5) is 0 Å². The van der Waals surface area contributed by atoms with Gasteiger partial charge in [-0.15, -0.1) is 0 Å². The summed E-state index contributed by atoms with van der Waals surface area (Å²) in [5, 5.41) is 0.293. The van der Waals surface area contributed by atoms with Crippen molar-refractivity contribution in [3.63, 3.8) is 0 Å². The van der Waals surface area contributed by atoms with E-state index in [9.17, 15) is 9.59 Å². The molecule has 0 N–H and O–H groups in total. The van der Waals surface area contributed by atoms with Gasteiger partial charge in [0.1, 0.15) is 10.9 Å². The fourth-order valence-electron chi connectivity index (χ4n) is 3.53. The molecule has 1 aliphatic heterocycles. The third-order valence-corrected chi connectivity index (χ3v) is 5.12. The van der Waals surface area contributed by atoms with Crippen molar-refractivity contribution in [2.75, 3.05) is 20.2 Å². The highest BCUT2D eigenvalue weighted by Crippen LogP contribution is 2.28. The van der Waals surface area contributed by atoms with Gasteiger partial charge in [0.15, 0.2) is 5.58 Å². The lowest BCUT2D eigenvalue weighted by Gasteiger charge is -2.32. The van der Waals surface area contributed by atoms with E-state index >= 15 is 0 Å². The number of rotatable bonds is 3. The lowest BCUT2D eigenvalue weighted by molar-refractivity contribution is 0.0693. The minimum absolute atomic E-state index is 0.0315. The Morgan fingerprint density at radius 1 is 1.26 bits per heavy atom. The standard InChI is InChI=1S/C19H18ClN3O4/c1-26-14-2-3-16-15(11-14)23(19(25)27-16)13-5-8-22(9-6-13)18(24)12-4-7-21-17(20)10-12/h2-4,7,10-11,13H,5-6,8-9H2,1H3. The average Bonchev–Trinajstić information content (AvgIpc) is 3.02. The van der Waals surface area contributed by atoms with Crippen molar-refractivity contribution in [1.29, 1.82) is 0 Å². The molecule has 0 spiro atoms. The van der Waals surface area contributed by atoms with E-state index in [-0.39, 0.29) is 17.7 Å². The summed E-state index contributed by atoms with van der Waals surface area (Å²) in [6.45, 7) is 1.10. The number of ether oxygens (including phenoxy) is 1. The Morgan fingerprint density at radius 3 is 2.74 bits per heavy atom. The minimum Gasteiger partial charge on any atom is -0.497 e. The van der Waals surface area contributed by atoms with E-state index in [1.807, 2.05) is 0 Å². The van der Waals surface area contributed by atoms with Crippen LogP contribution in [0, 0.1) is 0 Å². The number of hydrogen-bond donors (Lipinski definition) is 0. The Kier molecular flexibility index (Phi) is 4.61. The number of carbonyl (C=O) groups is 1. The molecular formula is C19H18ClN3O4. The van der Waals surface area contributed by atoms with Crippen LogP contribution in [-0.4, -0.2) is 40.6 Å². The number of oxazole rings is 1. The van der Waals surface area contributed by atoms with Crippen LogP contribution in [0.15, 0.2) is 45.7 Å². The van der Waals surface area contributed by atoms with Gasteiger partial charge in [-0.3, -0.25) is 9.36 Å². The third kappa shape index (κ3) is 3.30. The topological polar surface area (TPSA) is 77.6 Å². The van der Waals surface area contributed by atoms with E-state index in [0.29, 0.717) is 53.5 Å². The third-order valence-electron chi connectivity index (χ3n) is 4.91. The molecule has 0 radical (unpaired) electrons. The lowest BCUT2D eigenvalue weighted by Crippen LogP contribution is -2.40. The van der Waals surface area contributed by atoms with Crippen molar-refractivity contribution in [3.8, 4) is 5.75 Å². The smallest absolute Gasteiger partial charge is 0.420 e. The molecule has 0 aliphatic carbocycles. The van der Waals surface area contributed by atoms with Crippen molar-refractivity contribution >= 4 is 28.6 Å². The van der Waals surface area contributed by atoms with Crippen molar-refractivity contribution < 1.29 is 13.9 Å². The van der Waals surface area contributed by atoms with Gasteiger partial charge < -0.3 is 14.1 Å². The van der Waals surface area contributed by atoms with Gasteiger partial charge in [-0.25, -0.2) is 9.78 Å². The number of carbonyl (C=O) groups excluding carboxylic acids is 1. The molecule has 0 saturated carbocycles. The first kappa shape index (κ1) is 17.6. The number of methoxy groups -OCH3 is 1. The number of halogens is 1. The molecule has 7 nitrogen and oxygen atoms in total. The quantitative estimate of drug-likeness (QED) is 0.645. The number of nitrogens with zero attached hydrogens (tertiary/aromatic N) is 3. The molecule has 1 aliphatic rings. The molecule has 1 fully saturated rings. The van der Waals surface area contributed by atoms with Crippen LogP contribution >= 0.6 is 11.6 Å². The molecule has 8 heteroatoms. The first-order chi connectivity index (χ1) is 13.1. The van der Waals surface area contributed by atoms with Gasteiger partial charge in [0.25, 0.3) is 5.91 Å². The fourth-order valence-corrected chi connectivity index (χ4v) is 3.71. The molecular weight excluding hydrogens is 370 g/mol. The second-order valence-electron chi connectivity index (χ2n) is 6.46. The molecule has 140 valence electrons. The molecule has 27 heavy (non-hydrogen) atoms. The molecule has 0 bridgehead atoms. The van der Waals surface area contributed by atoms with Crippen LogP contribution in [0.5, 0.6) is 5.75 Å². The summed E-state index contributed by atoms with van der Waals surface area (Å²) in [5.74, 6) is 0.201. The van der Waals surface area contributed by atoms with Crippen LogP contribution in [-0.2, 0) is 0 Å². The van der Waals surface area contributed by atoms with E-state index in [1.165, 1.54) is 6.20 Å². The SMILES string of the molecule is COc1ccc2oc(=O)n(C3CCN(C(=O)c4ccnc(Cl)c4)CC3)c2c1. The second kappa shape index (κ2) is 7.08. The van der Waals surface area contributed by atoms with Crippen molar-refractivity contribution in [2.45, 2.75) is 18.9 Å². The number of piperidine rings is 1. The molecule has 2 aromatic heterocycles. The lowest BCUT2D eigenvalue weighted by atomic mass is 10.0. The molecule has 1 aromatic carbocycles. The van der Waals surface area contributed by atoms with E-state index in [1.54, 1.807) is 46.9 Å². The summed E-state index contributed by atoms with van der Waals surface area (Å²) in [6.07, 6.45) is 2.85. The number of pyridine rings is 1. The number of amides is 1. The molecule has 0 unspecified atom stereocenters. The monoisotopic (exact) mass is 387 g/mol. The molecule has 1 saturated heterocycles. The summed E-state index contributed by atoms with van der Waals surface area (Å²) in [6, 6.07) is 8.48. The van der Waals surface area contributed by atoms with Crippen molar-refractivity contribution in [2.24, 2.45) is 0 Å². The zero-order chi connectivity index (χ0) is 19.0.